The number of hydrogen-bond acceptors (Lipinski definition) is 3. The predicted molar refractivity (Wildman–Crippen MR) is 75.7 cm³/mol. The average molecular weight is 344 g/mol. The van der Waals surface area contributed by atoms with Crippen LogP contribution in [-0.4, -0.2) is 25.7 Å². The van der Waals surface area contributed by atoms with Crippen molar-refractivity contribution >= 4 is 12.4 Å². The minimum Gasteiger partial charge on any atom is -0.428 e. The zero-order valence-corrected chi connectivity index (χ0v) is 12.5. The van der Waals surface area contributed by atoms with E-state index >= 15 is 0 Å². The van der Waals surface area contributed by atoms with Crippen LogP contribution in [0.5, 0.6) is 5.75 Å². The van der Waals surface area contributed by atoms with Gasteiger partial charge in [-0.2, -0.15) is 17.6 Å². The van der Waals surface area contributed by atoms with Crippen molar-refractivity contribution in [2.75, 3.05) is 13.2 Å². The van der Waals surface area contributed by atoms with Gasteiger partial charge in [-0.1, -0.05) is 12.1 Å². The van der Waals surface area contributed by atoms with Gasteiger partial charge in [-0.05, 0) is 36.5 Å². The molecule has 0 aliphatic carbocycles. The molecule has 1 saturated heterocycles. The number of halogens is 5. The van der Waals surface area contributed by atoms with Crippen LogP contribution in [0.15, 0.2) is 24.3 Å². The molecule has 1 aliphatic heterocycles. The molecule has 1 aromatic carbocycles. The lowest BCUT2D eigenvalue weighted by Crippen LogP contribution is -2.33. The molecular weight excluding hydrogens is 326 g/mol. The van der Waals surface area contributed by atoms with E-state index in [1.165, 1.54) is 18.2 Å². The molecule has 2 N–H and O–H groups in total. The molecule has 1 heterocycles. The molecule has 0 bridgehead atoms. The first kappa shape index (κ1) is 19.0. The van der Waals surface area contributed by atoms with Crippen LogP contribution in [0.1, 0.15) is 24.4 Å². The van der Waals surface area contributed by atoms with E-state index in [1.54, 1.807) is 6.07 Å². The lowest BCUT2D eigenvalue weighted by atomic mass is 9.88. The van der Waals surface area contributed by atoms with E-state index in [1.807, 2.05) is 0 Å². The molecule has 0 radical (unpaired) electrons. The Kier molecular flexibility index (Phi) is 6.90. The van der Waals surface area contributed by atoms with Crippen molar-refractivity contribution in [2.24, 2.45) is 11.7 Å². The molecule has 8 heteroatoms. The number of rotatable bonds is 5. The van der Waals surface area contributed by atoms with Gasteiger partial charge in [0, 0.05) is 19.3 Å². The van der Waals surface area contributed by atoms with Crippen LogP contribution in [0.4, 0.5) is 17.6 Å². The number of ether oxygens (including phenoxy) is 2. The molecule has 2 rings (SSSR count). The van der Waals surface area contributed by atoms with Gasteiger partial charge in [0.15, 0.2) is 0 Å². The maximum atomic E-state index is 12.9. The third-order valence-electron chi connectivity index (χ3n) is 3.52. The van der Waals surface area contributed by atoms with E-state index < -0.39 is 12.5 Å². The Balaban J connectivity index is 0.00000242. The fourth-order valence-electron chi connectivity index (χ4n) is 2.33. The van der Waals surface area contributed by atoms with Crippen molar-refractivity contribution in [2.45, 2.75) is 31.4 Å². The molecule has 0 spiro atoms. The Bertz CT molecular complexity index is 470. The fourth-order valence-corrected chi connectivity index (χ4v) is 2.33. The highest BCUT2D eigenvalue weighted by Gasteiger charge is 2.44. The molecule has 1 aliphatic rings. The van der Waals surface area contributed by atoms with Crippen molar-refractivity contribution < 1.29 is 27.0 Å². The van der Waals surface area contributed by atoms with Crippen LogP contribution in [0, 0.1) is 5.92 Å². The molecule has 0 aromatic heterocycles. The standard InChI is InChI=1S/C14H17F4NO2.ClH/c15-13(16)14(17,18)21-11-3-1-2-10(8-11)12(19)9-4-6-20-7-5-9;/h1-3,8-9,12-13H,4-7,19H2;1H/t12-;/m0./s1. The normalized spacial score (nSPS) is 17.9. The van der Waals surface area contributed by atoms with Gasteiger partial charge >= 0.3 is 12.5 Å². The third-order valence-corrected chi connectivity index (χ3v) is 3.52. The monoisotopic (exact) mass is 343 g/mol. The maximum Gasteiger partial charge on any atom is 0.461 e. The quantitative estimate of drug-likeness (QED) is 0.828. The van der Waals surface area contributed by atoms with Crippen LogP contribution in [0.2, 0.25) is 0 Å². The van der Waals surface area contributed by atoms with Crippen molar-refractivity contribution in [3.05, 3.63) is 29.8 Å². The van der Waals surface area contributed by atoms with Crippen LogP contribution in [-0.2, 0) is 4.74 Å². The summed E-state index contributed by atoms with van der Waals surface area (Å²) in [6.07, 6.45) is -6.84. The highest BCUT2D eigenvalue weighted by molar-refractivity contribution is 5.85. The van der Waals surface area contributed by atoms with E-state index in [-0.39, 0.29) is 30.1 Å². The highest BCUT2D eigenvalue weighted by Crippen LogP contribution is 2.32. The van der Waals surface area contributed by atoms with Gasteiger partial charge in [-0.3, -0.25) is 0 Å². The lowest BCUT2D eigenvalue weighted by molar-refractivity contribution is -0.253. The Hall–Kier alpha value is -1.05. The summed E-state index contributed by atoms with van der Waals surface area (Å²) in [6, 6.07) is 5.27. The molecule has 1 fully saturated rings. The summed E-state index contributed by atoms with van der Waals surface area (Å²) in [6.45, 7) is 1.22. The van der Waals surface area contributed by atoms with Gasteiger partial charge in [0.25, 0.3) is 0 Å². The summed E-state index contributed by atoms with van der Waals surface area (Å²) in [5.74, 6) is -0.148. The molecule has 1 aromatic rings. The van der Waals surface area contributed by atoms with Crippen LogP contribution in [0.25, 0.3) is 0 Å². The van der Waals surface area contributed by atoms with E-state index in [4.69, 9.17) is 10.5 Å². The molecule has 22 heavy (non-hydrogen) atoms. The smallest absolute Gasteiger partial charge is 0.428 e. The molecule has 3 nitrogen and oxygen atoms in total. The van der Waals surface area contributed by atoms with E-state index in [0.29, 0.717) is 18.8 Å². The summed E-state index contributed by atoms with van der Waals surface area (Å²) in [7, 11) is 0. The largest absolute Gasteiger partial charge is 0.461 e. The number of nitrogens with two attached hydrogens (primary N) is 1. The number of alkyl halides is 4. The second-order valence-corrected chi connectivity index (χ2v) is 5.01. The van der Waals surface area contributed by atoms with Crippen LogP contribution >= 0.6 is 12.4 Å². The Morgan fingerprint density at radius 1 is 1.23 bits per heavy atom. The van der Waals surface area contributed by atoms with Gasteiger partial charge in [0.1, 0.15) is 5.75 Å². The second-order valence-electron chi connectivity index (χ2n) is 5.01. The predicted octanol–water partition coefficient (Wildman–Crippen LogP) is 3.77. The zero-order chi connectivity index (χ0) is 15.5. The zero-order valence-electron chi connectivity index (χ0n) is 11.7. The first-order valence-corrected chi connectivity index (χ1v) is 6.68. The highest BCUT2D eigenvalue weighted by atomic mass is 35.5. The summed E-state index contributed by atoms with van der Waals surface area (Å²) in [5, 5.41) is 0. The van der Waals surface area contributed by atoms with Crippen molar-refractivity contribution in [3.63, 3.8) is 0 Å². The van der Waals surface area contributed by atoms with Crippen LogP contribution < -0.4 is 10.5 Å². The van der Waals surface area contributed by atoms with E-state index in [2.05, 4.69) is 4.74 Å². The SMILES string of the molecule is Cl.N[C@H](c1cccc(OC(F)(F)C(F)F)c1)C1CCOCC1. The van der Waals surface area contributed by atoms with Crippen molar-refractivity contribution in [3.8, 4) is 5.75 Å². The van der Waals surface area contributed by atoms with E-state index in [0.717, 1.165) is 12.8 Å². The summed E-state index contributed by atoms with van der Waals surface area (Å²) in [4.78, 5) is 0. The minimum atomic E-state index is -4.51. The first-order valence-electron chi connectivity index (χ1n) is 6.68. The number of hydrogen-bond donors (Lipinski definition) is 1. The van der Waals surface area contributed by atoms with Crippen molar-refractivity contribution in [1.82, 2.24) is 0 Å². The van der Waals surface area contributed by atoms with E-state index in [9.17, 15) is 17.6 Å². The van der Waals surface area contributed by atoms with Gasteiger partial charge < -0.3 is 15.2 Å². The fraction of sp³-hybridized carbons (Fsp3) is 0.571. The lowest BCUT2D eigenvalue weighted by Gasteiger charge is -2.28. The topological polar surface area (TPSA) is 44.5 Å². The van der Waals surface area contributed by atoms with Gasteiger partial charge in [-0.25, -0.2) is 0 Å². The molecule has 0 amide bonds. The third kappa shape index (κ3) is 4.72. The van der Waals surface area contributed by atoms with Crippen LogP contribution in [0.3, 0.4) is 0 Å². The average Bonchev–Trinajstić information content (AvgIpc) is 2.47. The Morgan fingerprint density at radius 3 is 2.45 bits per heavy atom. The molecule has 0 unspecified atom stereocenters. The minimum absolute atomic E-state index is 0. The first-order chi connectivity index (χ1) is 9.90. The van der Waals surface area contributed by atoms with Gasteiger partial charge in [-0.15, -0.1) is 12.4 Å². The molecular formula is C14H18ClF4NO2. The Labute approximate surface area is 132 Å². The number of benzene rings is 1. The Morgan fingerprint density at radius 2 is 1.86 bits per heavy atom. The van der Waals surface area contributed by atoms with Gasteiger partial charge in [0.05, 0.1) is 0 Å². The van der Waals surface area contributed by atoms with Gasteiger partial charge in [0.2, 0.25) is 0 Å². The summed E-state index contributed by atoms with van der Waals surface area (Å²) >= 11 is 0. The van der Waals surface area contributed by atoms with Crippen molar-refractivity contribution in [1.29, 1.82) is 0 Å². The molecule has 0 saturated carbocycles. The molecule has 1 atom stereocenters. The molecule has 126 valence electrons. The maximum absolute atomic E-state index is 12.9. The summed E-state index contributed by atoms with van der Waals surface area (Å²) in [5.41, 5.74) is 6.70. The summed E-state index contributed by atoms with van der Waals surface area (Å²) < 4.78 is 59.4. The second kappa shape index (κ2) is 7.99.